The van der Waals surface area contributed by atoms with Gasteiger partial charge in [-0.25, -0.2) is 0 Å². The third-order valence-electron chi connectivity index (χ3n) is 2.95. The van der Waals surface area contributed by atoms with Crippen LogP contribution >= 0.6 is 11.8 Å². The Balaban J connectivity index is 2.11. The van der Waals surface area contributed by atoms with Crippen LogP contribution in [0.15, 0.2) is 0 Å². The molecule has 0 N–H and O–H groups in total. The van der Waals surface area contributed by atoms with E-state index in [9.17, 15) is 0 Å². The first-order valence-electron chi connectivity index (χ1n) is 5.42. The maximum atomic E-state index is 2.23. The van der Waals surface area contributed by atoms with Crippen LogP contribution < -0.4 is 0 Å². The highest BCUT2D eigenvalue weighted by Gasteiger charge is 2.10. The van der Waals surface area contributed by atoms with Crippen LogP contribution in [0.1, 0.15) is 51.4 Å². The normalized spacial score (nSPS) is 21.8. The fraction of sp³-hybridized carbons (Fsp3) is 1.00. The third kappa shape index (κ3) is 4.39. The topological polar surface area (TPSA) is 0 Å². The molecular weight excluding hydrogens is 164 g/mol. The molecule has 0 nitrogen and oxygen atoms in total. The summed E-state index contributed by atoms with van der Waals surface area (Å²) < 4.78 is 0. The van der Waals surface area contributed by atoms with E-state index in [0.29, 0.717) is 0 Å². The Morgan fingerprint density at radius 3 is 2.17 bits per heavy atom. The molecule has 1 heteroatoms. The molecule has 0 aromatic heterocycles. The van der Waals surface area contributed by atoms with E-state index in [1.807, 2.05) is 11.8 Å². The Labute approximate surface area is 81.5 Å². The zero-order valence-corrected chi connectivity index (χ0v) is 9.17. The van der Waals surface area contributed by atoms with Gasteiger partial charge in [0.2, 0.25) is 0 Å². The van der Waals surface area contributed by atoms with Crippen molar-refractivity contribution in [1.29, 1.82) is 0 Å². The van der Waals surface area contributed by atoms with Crippen molar-refractivity contribution in [3.05, 3.63) is 0 Å². The predicted molar refractivity (Wildman–Crippen MR) is 58.8 cm³/mol. The van der Waals surface area contributed by atoms with Crippen molar-refractivity contribution in [2.24, 2.45) is 5.92 Å². The second kappa shape index (κ2) is 6.82. The fourth-order valence-electron chi connectivity index (χ4n) is 2.11. The van der Waals surface area contributed by atoms with Gasteiger partial charge in [0, 0.05) is 0 Å². The van der Waals surface area contributed by atoms with Gasteiger partial charge in [0.05, 0.1) is 0 Å². The molecule has 72 valence electrons. The summed E-state index contributed by atoms with van der Waals surface area (Å²) in [4.78, 5) is 0. The van der Waals surface area contributed by atoms with Gasteiger partial charge in [-0.15, -0.1) is 0 Å². The van der Waals surface area contributed by atoms with Gasteiger partial charge in [0.15, 0.2) is 0 Å². The molecule has 0 heterocycles. The van der Waals surface area contributed by atoms with E-state index >= 15 is 0 Å². The molecule has 0 bridgehead atoms. The molecule has 0 unspecified atom stereocenters. The average molecular weight is 186 g/mol. The lowest BCUT2D eigenvalue weighted by Gasteiger charge is -2.18. The lowest BCUT2D eigenvalue weighted by Crippen LogP contribution is -2.04. The first-order valence-corrected chi connectivity index (χ1v) is 6.82. The highest BCUT2D eigenvalue weighted by molar-refractivity contribution is 7.98. The summed E-state index contributed by atoms with van der Waals surface area (Å²) in [5, 5.41) is 0. The summed E-state index contributed by atoms with van der Waals surface area (Å²) in [6, 6.07) is 0. The molecular formula is C11H22S. The molecule has 0 saturated heterocycles. The fourth-order valence-corrected chi connectivity index (χ4v) is 2.68. The quantitative estimate of drug-likeness (QED) is 0.639. The van der Waals surface area contributed by atoms with Gasteiger partial charge in [-0.3, -0.25) is 0 Å². The second-order valence-corrected chi connectivity index (χ2v) is 4.98. The maximum Gasteiger partial charge on any atom is -0.00677 e. The molecule has 1 rings (SSSR count). The smallest absolute Gasteiger partial charge is 0.00677 e. The molecule has 1 saturated carbocycles. The first kappa shape index (κ1) is 10.4. The molecule has 0 aromatic rings. The van der Waals surface area contributed by atoms with E-state index in [-0.39, 0.29) is 0 Å². The monoisotopic (exact) mass is 186 g/mol. The summed E-state index contributed by atoms with van der Waals surface area (Å²) in [6.07, 6.45) is 14.2. The van der Waals surface area contributed by atoms with Crippen LogP contribution in [0.5, 0.6) is 0 Å². The van der Waals surface area contributed by atoms with Crippen LogP contribution in [0.2, 0.25) is 0 Å². The lowest BCUT2D eigenvalue weighted by molar-refractivity contribution is 0.371. The summed E-state index contributed by atoms with van der Waals surface area (Å²) in [7, 11) is 0. The van der Waals surface area contributed by atoms with Gasteiger partial charge in [-0.05, 0) is 24.3 Å². The summed E-state index contributed by atoms with van der Waals surface area (Å²) in [5.41, 5.74) is 0. The summed E-state index contributed by atoms with van der Waals surface area (Å²) >= 11 is 2.01. The lowest BCUT2D eigenvalue weighted by atomic mass is 9.89. The Bertz CT molecular complexity index is 90.4. The van der Waals surface area contributed by atoms with Crippen LogP contribution in [-0.4, -0.2) is 12.0 Å². The Morgan fingerprint density at radius 1 is 1.00 bits per heavy atom. The van der Waals surface area contributed by atoms with Gasteiger partial charge in [-0.1, -0.05) is 44.9 Å². The summed E-state index contributed by atoms with van der Waals surface area (Å²) in [5.74, 6) is 2.45. The standard InChI is InChI=1S/C11H22S/c1-12-10-9-11-7-5-3-2-4-6-8-11/h11H,2-10H2,1H3. The van der Waals surface area contributed by atoms with E-state index in [1.165, 1.54) is 57.1 Å². The minimum absolute atomic E-state index is 1.07. The molecule has 1 fully saturated rings. The molecule has 0 amide bonds. The molecule has 1 aliphatic carbocycles. The van der Waals surface area contributed by atoms with Gasteiger partial charge in [-0.2, -0.15) is 11.8 Å². The van der Waals surface area contributed by atoms with Crippen LogP contribution in [0.25, 0.3) is 0 Å². The van der Waals surface area contributed by atoms with E-state index < -0.39 is 0 Å². The second-order valence-electron chi connectivity index (χ2n) is 3.99. The van der Waals surface area contributed by atoms with Gasteiger partial charge in [0.25, 0.3) is 0 Å². The van der Waals surface area contributed by atoms with Crippen molar-refractivity contribution in [3.63, 3.8) is 0 Å². The van der Waals surface area contributed by atoms with Crippen LogP contribution in [0.3, 0.4) is 0 Å². The molecule has 0 spiro atoms. The number of thioether (sulfide) groups is 1. The molecule has 0 radical (unpaired) electrons. The number of hydrogen-bond acceptors (Lipinski definition) is 1. The minimum atomic E-state index is 1.07. The number of rotatable bonds is 3. The van der Waals surface area contributed by atoms with E-state index in [0.717, 1.165) is 5.92 Å². The largest absolute Gasteiger partial charge is 0.165 e. The van der Waals surface area contributed by atoms with Crippen LogP contribution in [0.4, 0.5) is 0 Å². The highest BCUT2D eigenvalue weighted by atomic mass is 32.2. The van der Waals surface area contributed by atoms with Gasteiger partial charge < -0.3 is 0 Å². The van der Waals surface area contributed by atoms with E-state index in [1.54, 1.807) is 0 Å². The van der Waals surface area contributed by atoms with Crippen molar-refractivity contribution in [2.75, 3.05) is 12.0 Å². The average Bonchev–Trinajstić information content (AvgIpc) is 2.02. The van der Waals surface area contributed by atoms with Crippen molar-refractivity contribution in [3.8, 4) is 0 Å². The van der Waals surface area contributed by atoms with Gasteiger partial charge >= 0.3 is 0 Å². The highest BCUT2D eigenvalue weighted by Crippen LogP contribution is 2.25. The Morgan fingerprint density at radius 2 is 1.58 bits per heavy atom. The zero-order valence-electron chi connectivity index (χ0n) is 8.35. The SMILES string of the molecule is CSCCC1CCCCCCC1. The first-order chi connectivity index (χ1) is 5.93. The molecule has 1 aliphatic rings. The van der Waals surface area contributed by atoms with Crippen molar-refractivity contribution >= 4 is 11.8 Å². The number of hydrogen-bond donors (Lipinski definition) is 0. The molecule has 0 aliphatic heterocycles. The van der Waals surface area contributed by atoms with Crippen molar-refractivity contribution in [1.82, 2.24) is 0 Å². The van der Waals surface area contributed by atoms with Crippen molar-refractivity contribution < 1.29 is 0 Å². The Kier molecular flexibility index (Phi) is 5.93. The molecule has 12 heavy (non-hydrogen) atoms. The summed E-state index contributed by atoms with van der Waals surface area (Å²) in [6.45, 7) is 0. The molecule has 0 atom stereocenters. The third-order valence-corrected chi connectivity index (χ3v) is 3.60. The van der Waals surface area contributed by atoms with E-state index in [2.05, 4.69) is 6.26 Å². The zero-order chi connectivity index (χ0) is 8.65. The van der Waals surface area contributed by atoms with Crippen LogP contribution in [-0.2, 0) is 0 Å². The van der Waals surface area contributed by atoms with Crippen molar-refractivity contribution in [2.45, 2.75) is 51.4 Å². The van der Waals surface area contributed by atoms with Gasteiger partial charge in [0.1, 0.15) is 0 Å². The Hall–Kier alpha value is 0.350. The molecule has 0 aromatic carbocycles. The van der Waals surface area contributed by atoms with Crippen LogP contribution in [0, 0.1) is 5.92 Å². The van der Waals surface area contributed by atoms with E-state index in [4.69, 9.17) is 0 Å². The predicted octanol–water partition coefficient (Wildman–Crippen LogP) is 4.10. The maximum absolute atomic E-state index is 2.23. The minimum Gasteiger partial charge on any atom is -0.165 e.